The van der Waals surface area contributed by atoms with Crippen molar-refractivity contribution in [3.8, 4) is 0 Å². The highest BCUT2D eigenvalue weighted by molar-refractivity contribution is 5.81. The van der Waals surface area contributed by atoms with E-state index < -0.39 is 0 Å². The standard InChI is InChI=1S/C13H18FNO2/c1-13(9-4-6-10(14)7-5-9)8-11(13)12(16)15(2)17-3/h4,6-7,9,11H,5,8H2,1-3H3. The van der Waals surface area contributed by atoms with E-state index in [1.807, 2.05) is 6.08 Å². The predicted molar refractivity (Wildman–Crippen MR) is 62.4 cm³/mol. The van der Waals surface area contributed by atoms with Crippen molar-refractivity contribution >= 4 is 5.91 Å². The number of hydrogen-bond acceptors (Lipinski definition) is 2. The number of amides is 1. The van der Waals surface area contributed by atoms with Crippen LogP contribution >= 0.6 is 0 Å². The number of carbonyl (C=O) groups excluding carboxylic acids is 1. The molecule has 0 saturated heterocycles. The Bertz CT molecular complexity index is 391. The van der Waals surface area contributed by atoms with E-state index in [1.165, 1.54) is 18.2 Å². The van der Waals surface area contributed by atoms with Gasteiger partial charge in [-0.1, -0.05) is 13.0 Å². The van der Waals surface area contributed by atoms with Crippen LogP contribution in [0.25, 0.3) is 0 Å². The van der Waals surface area contributed by atoms with Crippen molar-refractivity contribution in [3.63, 3.8) is 0 Å². The lowest BCUT2D eigenvalue weighted by Crippen LogP contribution is -2.30. The normalized spacial score (nSPS) is 35.4. The van der Waals surface area contributed by atoms with Gasteiger partial charge in [-0.2, -0.15) is 0 Å². The average Bonchev–Trinajstić information content (AvgIpc) is 3.01. The second-order valence-corrected chi connectivity index (χ2v) is 5.07. The Hall–Kier alpha value is -1.16. The molecule has 0 aromatic rings. The highest BCUT2D eigenvalue weighted by Gasteiger charge is 2.58. The highest BCUT2D eigenvalue weighted by Crippen LogP contribution is 2.60. The lowest BCUT2D eigenvalue weighted by atomic mass is 9.83. The zero-order chi connectivity index (χ0) is 12.6. The average molecular weight is 239 g/mol. The summed E-state index contributed by atoms with van der Waals surface area (Å²) in [5, 5.41) is 1.28. The lowest BCUT2D eigenvalue weighted by Gasteiger charge is -2.23. The van der Waals surface area contributed by atoms with E-state index in [4.69, 9.17) is 4.84 Å². The summed E-state index contributed by atoms with van der Waals surface area (Å²) in [5.74, 6) is 0.0821. The number of hydroxylamine groups is 2. The van der Waals surface area contributed by atoms with Crippen molar-refractivity contribution in [1.29, 1.82) is 0 Å². The van der Waals surface area contributed by atoms with Gasteiger partial charge in [0.05, 0.1) is 7.11 Å². The van der Waals surface area contributed by atoms with Crippen LogP contribution in [0, 0.1) is 17.3 Å². The van der Waals surface area contributed by atoms with Crippen LogP contribution in [0.4, 0.5) is 4.39 Å². The molecule has 1 amide bonds. The number of allylic oxidation sites excluding steroid dienone is 4. The van der Waals surface area contributed by atoms with E-state index in [9.17, 15) is 9.18 Å². The van der Waals surface area contributed by atoms with Gasteiger partial charge in [0, 0.05) is 13.0 Å². The van der Waals surface area contributed by atoms with Crippen molar-refractivity contribution in [3.05, 3.63) is 24.1 Å². The van der Waals surface area contributed by atoms with Gasteiger partial charge in [-0.15, -0.1) is 0 Å². The van der Waals surface area contributed by atoms with Crippen LogP contribution in [0.15, 0.2) is 24.1 Å². The second-order valence-electron chi connectivity index (χ2n) is 5.07. The van der Waals surface area contributed by atoms with Crippen LogP contribution in [0.2, 0.25) is 0 Å². The molecule has 0 aromatic heterocycles. The van der Waals surface area contributed by atoms with E-state index in [2.05, 4.69) is 6.92 Å². The minimum absolute atomic E-state index is 0.00309. The van der Waals surface area contributed by atoms with Crippen LogP contribution in [0.3, 0.4) is 0 Å². The first-order chi connectivity index (χ1) is 7.99. The van der Waals surface area contributed by atoms with E-state index in [0.717, 1.165) is 6.42 Å². The minimum Gasteiger partial charge on any atom is -0.275 e. The number of rotatable bonds is 3. The SMILES string of the molecule is CON(C)C(=O)C1CC1(C)C1C=CC(F)=CC1. The summed E-state index contributed by atoms with van der Waals surface area (Å²) < 4.78 is 12.9. The van der Waals surface area contributed by atoms with Crippen molar-refractivity contribution < 1.29 is 14.0 Å². The summed E-state index contributed by atoms with van der Waals surface area (Å²) >= 11 is 0. The molecule has 2 rings (SSSR count). The Morgan fingerprint density at radius 1 is 1.65 bits per heavy atom. The number of carbonyl (C=O) groups is 1. The molecular formula is C13H18FNO2. The molecule has 3 atom stereocenters. The monoisotopic (exact) mass is 239 g/mol. The lowest BCUT2D eigenvalue weighted by molar-refractivity contribution is -0.171. The Balaban J connectivity index is 2.01. The number of hydrogen-bond donors (Lipinski definition) is 0. The molecule has 3 unspecified atom stereocenters. The molecule has 17 heavy (non-hydrogen) atoms. The fourth-order valence-corrected chi connectivity index (χ4v) is 2.55. The maximum atomic E-state index is 12.9. The van der Waals surface area contributed by atoms with Gasteiger partial charge in [0.1, 0.15) is 5.83 Å². The van der Waals surface area contributed by atoms with Crippen LogP contribution in [-0.2, 0) is 9.63 Å². The quantitative estimate of drug-likeness (QED) is 0.708. The van der Waals surface area contributed by atoms with Gasteiger partial charge < -0.3 is 0 Å². The summed E-state index contributed by atoms with van der Waals surface area (Å²) in [6.07, 6.45) is 6.51. The second kappa shape index (κ2) is 4.26. The van der Waals surface area contributed by atoms with Crippen molar-refractivity contribution in [2.45, 2.75) is 19.8 Å². The Morgan fingerprint density at radius 2 is 2.35 bits per heavy atom. The topological polar surface area (TPSA) is 29.5 Å². The molecule has 94 valence electrons. The van der Waals surface area contributed by atoms with Gasteiger partial charge in [-0.25, -0.2) is 9.45 Å². The van der Waals surface area contributed by atoms with Crippen LogP contribution in [0.1, 0.15) is 19.8 Å². The summed E-state index contributed by atoms with van der Waals surface area (Å²) in [4.78, 5) is 16.9. The fourth-order valence-electron chi connectivity index (χ4n) is 2.55. The summed E-state index contributed by atoms with van der Waals surface area (Å²) in [6, 6.07) is 0. The van der Waals surface area contributed by atoms with Gasteiger partial charge in [0.25, 0.3) is 0 Å². The summed E-state index contributed by atoms with van der Waals surface area (Å²) in [7, 11) is 3.10. The van der Waals surface area contributed by atoms with Crippen LogP contribution in [-0.4, -0.2) is 25.1 Å². The molecule has 0 bridgehead atoms. The Morgan fingerprint density at radius 3 is 2.88 bits per heavy atom. The van der Waals surface area contributed by atoms with Crippen LogP contribution < -0.4 is 0 Å². The third-order valence-corrected chi connectivity index (χ3v) is 4.06. The summed E-state index contributed by atoms with van der Waals surface area (Å²) in [6.45, 7) is 2.09. The van der Waals surface area contributed by atoms with Crippen LogP contribution in [0.5, 0.6) is 0 Å². The van der Waals surface area contributed by atoms with E-state index in [1.54, 1.807) is 13.1 Å². The zero-order valence-electron chi connectivity index (χ0n) is 10.4. The van der Waals surface area contributed by atoms with E-state index in [-0.39, 0.29) is 29.0 Å². The molecule has 2 aliphatic carbocycles. The fraction of sp³-hybridized carbons (Fsp3) is 0.615. The minimum atomic E-state index is -0.178. The van der Waals surface area contributed by atoms with Gasteiger partial charge in [0.15, 0.2) is 0 Å². The zero-order valence-corrected chi connectivity index (χ0v) is 10.4. The van der Waals surface area contributed by atoms with Gasteiger partial charge >= 0.3 is 0 Å². The maximum Gasteiger partial charge on any atom is 0.249 e. The largest absolute Gasteiger partial charge is 0.275 e. The molecule has 2 aliphatic rings. The molecule has 0 N–H and O–H groups in total. The molecule has 1 fully saturated rings. The first kappa shape index (κ1) is 12.3. The molecule has 0 radical (unpaired) electrons. The third-order valence-electron chi connectivity index (χ3n) is 4.06. The highest BCUT2D eigenvalue weighted by atomic mass is 19.1. The van der Waals surface area contributed by atoms with Crippen molar-refractivity contribution in [2.75, 3.05) is 14.2 Å². The maximum absolute atomic E-state index is 12.9. The molecule has 1 saturated carbocycles. The Kier molecular flexibility index (Phi) is 3.08. The Labute approximate surface area is 101 Å². The molecule has 0 heterocycles. The van der Waals surface area contributed by atoms with Crippen molar-refractivity contribution in [2.24, 2.45) is 17.3 Å². The predicted octanol–water partition coefficient (Wildman–Crippen LogP) is 2.46. The van der Waals surface area contributed by atoms with Gasteiger partial charge in [-0.05, 0) is 36.3 Å². The molecule has 0 aromatic carbocycles. The smallest absolute Gasteiger partial charge is 0.249 e. The van der Waals surface area contributed by atoms with E-state index in [0.29, 0.717) is 6.42 Å². The molecule has 0 aliphatic heterocycles. The first-order valence-electron chi connectivity index (χ1n) is 5.84. The number of halogens is 1. The first-order valence-corrected chi connectivity index (χ1v) is 5.84. The van der Waals surface area contributed by atoms with Crippen molar-refractivity contribution in [1.82, 2.24) is 5.06 Å². The van der Waals surface area contributed by atoms with Gasteiger partial charge in [0.2, 0.25) is 5.91 Å². The van der Waals surface area contributed by atoms with Gasteiger partial charge in [-0.3, -0.25) is 9.63 Å². The third kappa shape index (κ3) is 2.14. The molecule has 4 heteroatoms. The van der Waals surface area contributed by atoms with E-state index >= 15 is 0 Å². The summed E-state index contributed by atoms with van der Waals surface area (Å²) in [5.41, 5.74) is -0.0441. The molecule has 0 spiro atoms. The molecular weight excluding hydrogens is 221 g/mol. The number of nitrogens with zero attached hydrogens (tertiary/aromatic N) is 1. The molecule has 3 nitrogen and oxygen atoms in total.